The van der Waals surface area contributed by atoms with Gasteiger partial charge in [-0.15, -0.1) is 0 Å². The zero-order chi connectivity index (χ0) is 20.2. The molecule has 0 heterocycles. The van der Waals surface area contributed by atoms with E-state index in [4.69, 9.17) is 0 Å². The fourth-order valence-corrected chi connectivity index (χ4v) is 5.98. The van der Waals surface area contributed by atoms with E-state index in [1.54, 1.807) is 6.07 Å². The number of rotatable bonds is 9. The number of hydrogen-bond donors (Lipinski definition) is 0. The summed E-state index contributed by atoms with van der Waals surface area (Å²) >= 11 is 3.09. The maximum Gasteiger partial charge on any atom is 0.403 e. The van der Waals surface area contributed by atoms with Crippen LogP contribution >= 0.6 is 23.5 Å². The summed E-state index contributed by atoms with van der Waals surface area (Å²) in [7, 11) is -9.27. The van der Waals surface area contributed by atoms with Crippen molar-refractivity contribution in [1.29, 1.82) is 0 Å². The second-order valence-corrected chi connectivity index (χ2v) is 9.99. The molecule has 0 saturated carbocycles. The van der Waals surface area contributed by atoms with E-state index in [1.165, 1.54) is 39.0 Å². The fourth-order valence-electron chi connectivity index (χ4n) is 2.00. The second kappa shape index (κ2) is 8.89. The van der Waals surface area contributed by atoms with Crippen LogP contribution in [0.25, 0.3) is 0 Å². The van der Waals surface area contributed by atoms with Crippen molar-refractivity contribution in [3.63, 3.8) is 0 Å². The van der Waals surface area contributed by atoms with Crippen molar-refractivity contribution >= 4 is 33.4 Å². The molecule has 0 bridgehead atoms. The van der Waals surface area contributed by atoms with Gasteiger partial charge in [0.05, 0.1) is 23.0 Å². The zero-order valence-corrected chi connectivity index (χ0v) is 17.8. The lowest BCUT2D eigenvalue weighted by atomic mass is 10.3. The van der Waals surface area contributed by atoms with Crippen LogP contribution in [0.5, 0.6) is 0 Å². The van der Waals surface area contributed by atoms with Crippen molar-refractivity contribution in [2.75, 3.05) is 13.2 Å². The number of sulfone groups is 1. The minimum atomic E-state index is -4.92. The quantitative estimate of drug-likeness (QED) is 0.348. The van der Waals surface area contributed by atoms with Gasteiger partial charge in [0.15, 0.2) is 0 Å². The minimum Gasteiger partial charge on any atom is -0.304 e. The summed E-state index contributed by atoms with van der Waals surface area (Å²) in [5, 5.41) is 0. The SMILES string of the molecule is C=C(C)/C(=C\C(F)(F)P(=O)(OCC)OCC)S(=O)(=O)c1ccccc1Br. The molecule has 0 amide bonds. The Kier molecular flexibility index (Phi) is 7.92. The van der Waals surface area contributed by atoms with Crippen LogP contribution < -0.4 is 0 Å². The third-order valence-electron chi connectivity index (χ3n) is 3.10. The van der Waals surface area contributed by atoms with E-state index in [0.717, 1.165) is 0 Å². The summed E-state index contributed by atoms with van der Waals surface area (Å²) in [5.41, 5.74) is -4.30. The van der Waals surface area contributed by atoms with Gasteiger partial charge in [-0.3, -0.25) is 4.57 Å². The van der Waals surface area contributed by atoms with Crippen LogP contribution in [0.1, 0.15) is 20.8 Å². The first-order chi connectivity index (χ1) is 11.9. The van der Waals surface area contributed by atoms with Gasteiger partial charge in [0, 0.05) is 10.5 Å². The molecular weight excluding hydrogens is 453 g/mol. The van der Waals surface area contributed by atoms with Crippen LogP contribution in [0.2, 0.25) is 0 Å². The highest BCUT2D eigenvalue weighted by molar-refractivity contribution is 9.10. The van der Waals surface area contributed by atoms with E-state index in [9.17, 15) is 21.8 Å². The van der Waals surface area contributed by atoms with Crippen molar-refractivity contribution in [2.24, 2.45) is 0 Å². The highest BCUT2D eigenvalue weighted by Gasteiger charge is 2.52. The molecule has 0 aliphatic carbocycles. The Morgan fingerprint density at radius 3 is 2.19 bits per heavy atom. The van der Waals surface area contributed by atoms with E-state index in [2.05, 4.69) is 31.6 Å². The lowest BCUT2D eigenvalue weighted by Gasteiger charge is -2.24. The molecule has 0 aliphatic rings. The van der Waals surface area contributed by atoms with Gasteiger partial charge >= 0.3 is 13.3 Å². The van der Waals surface area contributed by atoms with E-state index in [1.807, 2.05) is 0 Å². The summed E-state index contributed by atoms with van der Waals surface area (Å²) in [6.07, 6.45) is 0.0935. The Bertz CT molecular complexity index is 842. The summed E-state index contributed by atoms with van der Waals surface area (Å²) < 4.78 is 77.1. The van der Waals surface area contributed by atoms with Gasteiger partial charge in [-0.2, -0.15) is 8.78 Å². The van der Waals surface area contributed by atoms with Gasteiger partial charge in [0.1, 0.15) is 0 Å². The number of halogens is 3. The molecule has 1 rings (SSSR count). The zero-order valence-electron chi connectivity index (χ0n) is 14.5. The van der Waals surface area contributed by atoms with Crippen molar-refractivity contribution in [2.45, 2.75) is 31.3 Å². The molecule has 0 radical (unpaired) electrons. The third kappa shape index (κ3) is 4.89. The fraction of sp³-hybridized carbons (Fsp3) is 0.375. The number of hydrogen-bond acceptors (Lipinski definition) is 5. The van der Waals surface area contributed by atoms with Crippen molar-refractivity contribution < 1.29 is 30.8 Å². The molecule has 0 N–H and O–H groups in total. The van der Waals surface area contributed by atoms with Crippen LogP contribution in [0.15, 0.2) is 56.8 Å². The smallest absolute Gasteiger partial charge is 0.304 e. The summed E-state index contributed by atoms with van der Waals surface area (Å²) in [5.74, 6) is 0. The van der Waals surface area contributed by atoms with E-state index < -0.39 is 28.0 Å². The summed E-state index contributed by atoms with van der Waals surface area (Å²) in [6.45, 7) is 6.91. The van der Waals surface area contributed by atoms with Crippen molar-refractivity contribution in [3.05, 3.63) is 51.9 Å². The molecule has 0 atom stereocenters. The number of alkyl halides is 2. The molecule has 26 heavy (non-hydrogen) atoms. The molecule has 146 valence electrons. The van der Waals surface area contributed by atoms with Crippen molar-refractivity contribution in [3.8, 4) is 0 Å². The molecule has 10 heteroatoms. The summed E-state index contributed by atoms with van der Waals surface area (Å²) in [6, 6.07) is 5.77. The van der Waals surface area contributed by atoms with Gasteiger partial charge in [-0.05, 0) is 54.4 Å². The molecule has 1 aromatic carbocycles. The maximum absolute atomic E-state index is 14.7. The Labute approximate surface area is 160 Å². The number of benzene rings is 1. The van der Waals surface area contributed by atoms with Gasteiger partial charge in [0.25, 0.3) is 0 Å². The second-order valence-electron chi connectivity index (χ2n) is 5.14. The first-order valence-electron chi connectivity index (χ1n) is 7.58. The third-order valence-corrected chi connectivity index (χ3v) is 8.09. The molecule has 0 saturated heterocycles. The van der Waals surface area contributed by atoms with Gasteiger partial charge in [-0.25, -0.2) is 8.42 Å². The molecule has 0 aromatic heterocycles. The molecular formula is C16H20BrF2O5PS. The topological polar surface area (TPSA) is 69.7 Å². The van der Waals surface area contributed by atoms with Crippen LogP contribution in [0, 0.1) is 0 Å². The van der Waals surface area contributed by atoms with Gasteiger partial charge < -0.3 is 9.05 Å². The highest BCUT2D eigenvalue weighted by atomic mass is 79.9. The van der Waals surface area contributed by atoms with Crippen LogP contribution in [0.4, 0.5) is 8.78 Å². The highest BCUT2D eigenvalue weighted by Crippen LogP contribution is 2.63. The Morgan fingerprint density at radius 1 is 1.27 bits per heavy atom. The first kappa shape index (κ1) is 23.2. The minimum absolute atomic E-state index is 0.0935. The molecule has 0 fully saturated rings. The molecule has 5 nitrogen and oxygen atoms in total. The van der Waals surface area contributed by atoms with E-state index >= 15 is 0 Å². The van der Waals surface area contributed by atoms with Gasteiger partial charge in [0.2, 0.25) is 9.84 Å². The Hall–Kier alpha value is -0.860. The maximum atomic E-state index is 14.7. The lowest BCUT2D eigenvalue weighted by Crippen LogP contribution is -2.20. The van der Waals surface area contributed by atoms with E-state index in [0.29, 0.717) is 0 Å². The average molecular weight is 473 g/mol. The van der Waals surface area contributed by atoms with Gasteiger partial charge in [-0.1, -0.05) is 18.7 Å². The predicted molar refractivity (Wildman–Crippen MR) is 100 cm³/mol. The standard InChI is InChI=1S/C16H20BrF2O5PS/c1-5-23-25(20,24-6-2)16(18,19)11-15(12(3)4)26(21,22)14-10-8-7-9-13(14)17/h7-11H,3,5-6H2,1-2,4H3/b15-11+. The molecule has 0 unspecified atom stereocenters. The normalized spacial score (nSPS) is 13.7. The van der Waals surface area contributed by atoms with Crippen LogP contribution in [0.3, 0.4) is 0 Å². The Balaban J connectivity index is 3.61. The predicted octanol–water partition coefficient (Wildman–Crippen LogP) is 5.54. The molecule has 1 aromatic rings. The van der Waals surface area contributed by atoms with E-state index in [-0.39, 0.29) is 34.2 Å². The molecule has 0 aliphatic heterocycles. The van der Waals surface area contributed by atoms with Crippen LogP contribution in [-0.4, -0.2) is 27.3 Å². The lowest BCUT2D eigenvalue weighted by molar-refractivity contribution is 0.0791. The van der Waals surface area contributed by atoms with Crippen LogP contribution in [-0.2, 0) is 23.4 Å². The first-order valence-corrected chi connectivity index (χ1v) is 11.4. The average Bonchev–Trinajstić information content (AvgIpc) is 2.53. The van der Waals surface area contributed by atoms with Crippen molar-refractivity contribution in [1.82, 2.24) is 0 Å². The largest absolute Gasteiger partial charge is 0.403 e. The summed E-state index contributed by atoms with van der Waals surface area (Å²) in [4.78, 5) is -0.971. The monoisotopic (exact) mass is 472 g/mol. The Morgan fingerprint density at radius 2 is 1.77 bits per heavy atom. The molecule has 0 spiro atoms. The number of allylic oxidation sites excluding steroid dienone is 2.